The van der Waals surface area contributed by atoms with Gasteiger partial charge in [0.1, 0.15) is 24.5 Å². The van der Waals surface area contributed by atoms with Crippen molar-refractivity contribution in [3.63, 3.8) is 0 Å². The van der Waals surface area contributed by atoms with Gasteiger partial charge < -0.3 is 19.7 Å². The third-order valence-corrected chi connectivity index (χ3v) is 6.88. The highest BCUT2D eigenvalue weighted by molar-refractivity contribution is 5.87. The number of nitrogens with zero attached hydrogens (tertiary/aromatic N) is 6. The molecule has 1 aliphatic carbocycles. The normalized spacial score (nSPS) is 16.0. The number of nitrogens with one attached hydrogen (secondary N) is 1. The van der Waals surface area contributed by atoms with Crippen LogP contribution in [0.1, 0.15) is 30.7 Å². The summed E-state index contributed by atoms with van der Waals surface area (Å²) in [6, 6.07) is 8.06. The third-order valence-electron chi connectivity index (χ3n) is 6.88. The number of amides is 1. The molecular weight excluding hydrogens is 470 g/mol. The maximum Gasteiger partial charge on any atom is 0.413 e. The number of anilines is 2. The highest BCUT2D eigenvalue weighted by Gasteiger charge is 2.27. The molecule has 1 aromatic carbocycles. The van der Waals surface area contributed by atoms with Gasteiger partial charge in [0, 0.05) is 36.5 Å². The Labute approximate surface area is 213 Å². The molecule has 0 spiro atoms. The van der Waals surface area contributed by atoms with E-state index in [1.165, 1.54) is 12.6 Å². The molecule has 1 amide bonds. The molecule has 3 aromatic heterocycles. The summed E-state index contributed by atoms with van der Waals surface area (Å²) in [5.41, 5.74) is 6.26. The van der Waals surface area contributed by atoms with E-state index in [1.807, 2.05) is 18.2 Å². The molecule has 0 unspecified atom stereocenters. The predicted molar refractivity (Wildman–Crippen MR) is 141 cm³/mol. The summed E-state index contributed by atoms with van der Waals surface area (Å²) in [5.74, 6) is 2.04. The second-order valence-corrected chi connectivity index (χ2v) is 10.1. The average Bonchev–Trinajstić information content (AvgIpc) is 3.19. The molecule has 0 saturated heterocycles. The van der Waals surface area contributed by atoms with Gasteiger partial charge in [0.2, 0.25) is 5.95 Å². The van der Waals surface area contributed by atoms with Crippen LogP contribution in [-0.2, 0) is 13.0 Å². The molecule has 37 heavy (non-hydrogen) atoms. The number of imidazole rings is 1. The second kappa shape index (κ2) is 8.58. The van der Waals surface area contributed by atoms with Gasteiger partial charge in [-0.15, -0.1) is 0 Å². The van der Waals surface area contributed by atoms with E-state index in [0.29, 0.717) is 24.3 Å². The van der Waals surface area contributed by atoms with E-state index in [9.17, 15) is 9.90 Å². The molecule has 0 atom stereocenters. The Morgan fingerprint density at radius 1 is 1.19 bits per heavy atom. The van der Waals surface area contributed by atoms with Crippen molar-refractivity contribution in [1.82, 2.24) is 24.9 Å². The van der Waals surface area contributed by atoms with Crippen LogP contribution in [0.4, 0.5) is 16.6 Å². The van der Waals surface area contributed by atoms with Gasteiger partial charge in [-0.25, -0.2) is 19.7 Å². The number of pyridine rings is 1. The number of fused-ring (bicyclic) bond motifs is 3. The summed E-state index contributed by atoms with van der Waals surface area (Å²) < 4.78 is 6.11. The number of carboxylic acid groups (broad SMARTS) is 1. The molecule has 0 bridgehead atoms. The lowest BCUT2D eigenvalue weighted by Gasteiger charge is -2.30. The number of hydrogen-bond acceptors (Lipinski definition) is 7. The molecule has 10 heteroatoms. The van der Waals surface area contributed by atoms with Crippen LogP contribution in [0.3, 0.4) is 0 Å². The number of aromatic nitrogens is 5. The van der Waals surface area contributed by atoms with Crippen LogP contribution in [-0.4, -0.2) is 56.3 Å². The molecule has 188 valence electrons. The molecule has 4 heterocycles. The lowest BCUT2D eigenvalue weighted by molar-refractivity contribution is 0.203. The molecule has 0 fully saturated rings. The summed E-state index contributed by atoms with van der Waals surface area (Å²) in [5, 5.41) is 9.24. The van der Waals surface area contributed by atoms with E-state index in [2.05, 4.69) is 56.9 Å². The summed E-state index contributed by atoms with van der Waals surface area (Å²) >= 11 is 0. The van der Waals surface area contributed by atoms with Crippen LogP contribution in [0.15, 0.2) is 42.9 Å². The maximum atomic E-state index is 11.3. The lowest BCUT2D eigenvalue weighted by Crippen LogP contribution is -2.29. The number of allylic oxidation sites excluding steroid dienone is 1. The Balaban J connectivity index is 1.33. The van der Waals surface area contributed by atoms with E-state index in [-0.39, 0.29) is 11.4 Å². The summed E-state index contributed by atoms with van der Waals surface area (Å²) in [6.07, 6.45) is 7.49. The number of benzene rings is 1. The van der Waals surface area contributed by atoms with Gasteiger partial charge in [0.15, 0.2) is 5.65 Å². The fourth-order valence-electron chi connectivity index (χ4n) is 4.87. The predicted octanol–water partition coefficient (Wildman–Crippen LogP) is 4.52. The van der Waals surface area contributed by atoms with Crippen LogP contribution < -0.4 is 14.5 Å². The lowest BCUT2D eigenvalue weighted by atomic mass is 9.81. The van der Waals surface area contributed by atoms with Crippen LogP contribution >= 0.6 is 0 Å². The summed E-state index contributed by atoms with van der Waals surface area (Å²) in [4.78, 5) is 35.6. The third kappa shape index (κ3) is 4.24. The minimum Gasteiger partial charge on any atom is -0.491 e. The molecule has 6 rings (SSSR count). The highest BCUT2D eigenvalue weighted by Crippen LogP contribution is 2.37. The van der Waals surface area contributed by atoms with Gasteiger partial charge in [-0.2, -0.15) is 4.98 Å². The topological polar surface area (TPSA) is 120 Å². The zero-order valence-corrected chi connectivity index (χ0v) is 20.9. The van der Waals surface area contributed by atoms with Crippen LogP contribution in [0, 0.1) is 5.41 Å². The minimum atomic E-state index is -1.10. The van der Waals surface area contributed by atoms with E-state index in [4.69, 9.17) is 9.72 Å². The monoisotopic (exact) mass is 497 g/mol. The molecule has 0 saturated carbocycles. The zero-order valence-electron chi connectivity index (χ0n) is 20.9. The van der Waals surface area contributed by atoms with Crippen molar-refractivity contribution >= 4 is 35.1 Å². The summed E-state index contributed by atoms with van der Waals surface area (Å²) in [6.45, 7) is 6.39. The first-order valence-corrected chi connectivity index (χ1v) is 12.1. The van der Waals surface area contributed by atoms with E-state index < -0.39 is 6.09 Å². The molecule has 0 radical (unpaired) electrons. The van der Waals surface area contributed by atoms with Crippen molar-refractivity contribution in [2.24, 2.45) is 5.41 Å². The number of rotatable bonds is 3. The Morgan fingerprint density at radius 3 is 2.89 bits per heavy atom. The van der Waals surface area contributed by atoms with Crippen molar-refractivity contribution in [2.75, 3.05) is 30.0 Å². The number of hydrogen-bond donors (Lipinski definition) is 2. The SMILES string of the molecule is CN(C(=O)O)c1nc2ncc(-c3ccc4c(c3)CN(c3ncnc5c3CC(C)(C)C=C5)CCO4)cc2[nH]1. The first kappa shape index (κ1) is 23.0. The molecule has 4 aromatic rings. The van der Waals surface area contributed by atoms with Gasteiger partial charge in [-0.3, -0.25) is 4.90 Å². The van der Waals surface area contributed by atoms with Crippen molar-refractivity contribution in [3.05, 3.63) is 59.7 Å². The van der Waals surface area contributed by atoms with Crippen LogP contribution in [0.5, 0.6) is 5.75 Å². The highest BCUT2D eigenvalue weighted by atomic mass is 16.5. The number of aromatic amines is 1. The Hall–Kier alpha value is -4.47. The van der Waals surface area contributed by atoms with Gasteiger partial charge in [-0.1, -0.05) is 26.0 Å². The second-order valence-electron chi connectivity index (χ2n) is 10.1. The van der Waals surface area contributed by atoms with Crippen LogP contribution in [0.2, 0.25) is 0 Å². The standard InChI is InChI=1S/C27H27N7O3/c1-27(2)7-6-20-19(12-27)24(30-15-29-20)34-8-9-37-22-5-4-16(10-18(22)14-34)17-11-21-23(28-13-17)32-25(31-21)33(3)26(35)36/h4-7,10-11,13,15H,8-9,12,14H2,1-3H3,(H,35,36)(H,28,31,32). The number of H-pyrrole nitrogens is 1. The van der Waals surface area contributed by atoms with Crippen molar-refractivity contribution in [1.29, 1.82) is 0 Å². The smallest absolute Gasteiger partial charge is 0.413 e. The first-order valence-electron chi connectivity index (χ1n) is 12.1. The molecule has 2 aliphatic rings. The van der Waals surface area contributed by atoms with Crippen molar-refractivity contribution in [3.8, 4) is 16.9 Å². The Kier molecular flexibility index (Phi) is 5.32. The quantitative estimate of drug-likeness (QED) is 0.424. The molecule has 2 N–H and O–H groups in total. The molecular formula is C27H27N7O3. The van der Waals surface area contributed by atoms with Crippen LogP contribution in [0.25, 0.3) is 28.4 Å². The Bertz CT molecular complexity index is 1560. The van der Waals surface area contributed by atoms with E-state index in [1.54, 1.807) is 12.5 Å². The van der Waals surface area contributed by atoms with E-state index in [0.717, 1.165) is 51.8 Å². The van der Waals surface area contributed by atoms with Crippen molar-refractivity contribution < 1.29 is 14.6 Å². The molecule has 10 nitrogen and oxygen atoms in total. The van der Waals surface area contributed by atoms with Crippen molar-refractivity contribution in [2.45, 2.75) is 26.8 Å². The van der Waals surface area contributed by atoms with Gasteiger partial charge >= 0.3 is 6.09 Å². The van der Waals surface area contributed by atoms with Gasteiger partial charge in [0.05, 0.1) is 17.8 Å². The first-order chi connectivity index (χ1) is 17.8. The number of carbonyl (C=O) groups is 1. The fraction of sp³-hybridized carbons (Fsp3) is 0.296. The minimum absolute atomic E-state index is 0.0529. The summed E-state index contributed by atoms with van der Waals surface area (Å²) in [7, 11) is 1.44. The fourth-order valence-corrected chi connectivity index (χ4v) is 4.87. The largest absolute Gasteiger partial charge is 0.491 e. The maximum absolute atomic E-state index is 11.3. The van der Waals surface area contributed by atoms with E-state index >= 15 is 0 Å². The number of ether oxygens (including phenoxy) is 1. The zero-order chi connectivity index (χ0) is 25.7. The van der Waals surface area contributed by atoms with Gasteiger partial charge in [-0.05, 0) is 41.7 Å². The average molecular weight is 498 g/mol. The Morgan fingerprint density at radius 2 is 2.05 bits per heavy atom. The van der Waals surface area contributed by atoms with Gasteiger partial charge in [0.25, 0.3) is 0 Å². The molecule has 1 aliphatic heterocycles.